The number of hydrogen-bond acceptors (Lipinski definition) is 7. The van der Waals surface area contributed by atoms with Gasteiger partial charge in [0, 0.05) is 30.3 Å². The largest absolute Gasteiger partial charge is 0.457 e. The molecule has 0 unspecified atom stereocenters. The quantitative estimate of drug-likeness (QED) is 0.703. The predicted octanol–water partition coefficient (Wildman–Crippen LogP) is 3.89. The normalized spacial score (nSPS) is 11.3. The lowest BCUT2D eigenvalue weighted by Crippen LogP contribution is -2.05. The van der Waals surface area contributed by atoms with Crippen LogP contribution < -0.4 is 14.8 Å². The SMILES string of the molecule is Cc1cnc(OC/C(=C/Nc2ccc(F)c(OC(F)F)c2)N=N)nc1. The van der Waals surface area contributed by atoms with Gasteiger partial charge in [0.1, 0.15) is 12.3 Å². The lowest BCUT2D eigenvalue weighted by atomic mass is 10.3. The molecule has 1 heterocycles. The van der Waals surface area contributed by atoms with Crippen molar-refractivity contribution in [1.29, 1.82) is 5.53 Å². The maximum absolute atomic E-state index is 13.3. The van der Waals surface area contributed by atoms with Crippen LogP contribution in [0.2, 0.25) is 0 Å². The van der Waals surface area contributed by atoms with E-state index in [1.165, 1.54) is 12.3 Å². The smallest absolute Gasteiger partial charge is 0.387 e. The summed E-state index contributed by atoms with van der Waals surface area (Å²) < 4.78 is 47.1. The van der Waals surface area contributed by atoms with E-state index < -0.39 is 18.2 Å². The third-order valence-electron chi connectivity index (χ3n) is 2.80. The van der Waals surface area contributed by atoms with Crippen LogP contribution in [0.1, 0.15) is 5.56 Å². The Balaban J connectivity index is 2.00. The van der Waals surface area contributed by atoms with Gasteiger partial charge in [-0.15, -0.1) is 0 Å². The summed E-state index contributed by atoms with van der Waals surface area (Å²) in [5.41, 5.74) is 8.41. The highest BCUT2D eigenvalue weighted by Crippen LogP contribution is 2.23. The molecule has 0 saturated heterocycles. The number of hydrogen-bond donors (Lipinski definition) is 2. The van der Waals surface area contributed by atoms with E-state index in [1.807, 2.05) is 6.92 Å². The number of rotatable bonds is 8. The van der Waals surface area contributed by atoms with E-state index in [0.29, 0.717) is 0 Å². The van der Waals surface area contributed by atoms with Crippen LogP contribution in [0.15, 0.2) is 47.6 Å². The fourth-order valence-electron chi connectivity index (χ4n) is 1.65. The van der Waals surface area contributed by atoms with Crippen molar-refractivity contribution in [3.05, 3.63) is 53.9 Å². The number of nitrogens with one attached hydrogen (secondary N) is 2. The number of halogens is 3. The Morgan fingerprint density at radius 1 is 1.36 bits per heavy atom. The third kappa shape index (κ3) is 5.75. The van der Waals surface area contributed by atoms with Gasteiger partial charge in [-0.3, -0.25) is 0 Å². The van der Waals surface area contributed by atoms with Crippen LogP contribution in [-0.4, -0.2) is 23.2 Å². The molecule has 2 N–H and O–H groups in total. The van der Waals surface area contributed by atoms with Gasteiger partial charge < -0.3 is 14.8 Å². The number of aromatic nitrogens is 2. The minimum absolute atomic E-state index is 0.0961. The van der Waals surface area contributed by atoms with Gasteiger partial charge in [0.2, 0.25) is 0 Å². The van der Waals surface area contributed by atoms with Gasteiger partial charge in [-0.05, 0) is 24.6 Å². The molecule has 0 amide bonds. The first-order valence-corrected chi connectivity index (χ1v) is 6.97. The van der Waals surface area contributed by atoms with Gasteiger partial charge in [0.15, 0.2) is 11.6 Å². The first-order chi connectivity index (χ1) is 12.0. The van der Waals surface area contributed by atoms with Crippen molar-refractivity contribution in [2.75, 3.05) is 11.9 Å². The topological polar surface area (TPSA) is 92.5 Å². The molecule has 0 atom stereocenters. The Bertz CT molecular complexity index is 753. The van der Waals surface area contributed by atoms with Crippen molar-refractivity contribution in [3.8, 4) is 11.8 Å². The summed E-state index contributed by atoms with van der Waals surface area (Å²) in [5, 5.41) is 5.96. The Morgan fingerprint density at radius 3 is 2.72 bits per heavy atom. The average molecular weight is 353 g/mol. The third-order valence-corrected chi connectivity index (χ3v) is 2.80. The molecule has 1 aromatic heterocycles. The molecule has 132 valence electrons. The van der Waals surface area contributed by atoms with Crippen molar-refractivity contribution < 1.29 is 22.6 Å². The van der Waals surface area contributed by atoms with E-state index >= 15 is 0 Å². The highest BCUT2D eigenvalue weighted by atomic mass is 19.3. The van der Waals surface area contributed by atoms with Gasteiger partial charge in [-0.1, -0.05) is 0 Å². The van der Waals surface area contributed by atoms with E-state index in [4.69, 9.17) is 10.3 Å². The molecule has 2 rings (SSSR count). The molecule has 0 bridgehead atoms. The van der Waals surface area contributed by atoms with Gasteiger partial charge in [0.25, 0.3) is 0 Å². The van der Waals surface area contributed by atoms with E-state index in [0.717, 1.165) is 17.7 Å². The maximum atomic E-state index is 13.3. The van der Waals surface area contributed by atoms with E-state index in [1.54, 1.807) is 12.4 Å². The Kier molecular flexibility index (Phi) is 6.26. The summed E-state index contributed by atoms with van der Waals surface area (Å²) >= 11 is 0. The molecule has 0 aliphatic carbocycles. The molecule has 2 aromatic rings. The highest BCUT2D eigenvalue weighted by molar-refractivity contribution is 5.51. The monoisotopic (exact) mass is 353 g/mol. The van der Waals surface area contributed by atoms with Crippen LogP contribution in [0, 0.1) is 18.3 Å². The summed E-state index contributed by atoms with van der Waals surface area (Å²) in [6, 6.07) is 3.47. The van der Waals surface area contributed by atoms with Crippen LogP contribution in [-0.2, 0) is 0 Å². The molecule has 0 fully saturated rings. The minimum Gasteiger partial charge on any atom is -0.457 e. The lowest BCUT2D eigenvalue weighted by molar-refractivity contribution is -0.0521. The van der Waals surface area contributed by atoms with Crippen LogP contribution in [0.3, 0.4) is 0 Å². The summed E-state index contributed by atoms with van der Waals surface area (Å²) in [4.78, 5) is 7.88. The van der Waals surface area contributed by atoms with Crippen molar-refractivity contribution in [2.45, 2.75) is 13.5 Å². The average Bonchev–Trinajstić information content (AvgIpc) is 2.59. The Labute approximate surface area is 141 Å². The number of nitrogens with zero attached hydrogens (tertiary/aromatic N) is 3. The van der Waals surface area contributed by atoms with Crippen LogP contribution >= 0.6 is 0 Å². The lowest BCUT2D eigenvalue weighted by Gasteiger charge is -2.09. The number of anilines is 1. The van der Waals surface area contributed by atoms with Crippen molar-refractivity contribution in [2.24, 2.45) is 5.11 Å². The highest BCUT2D eigenvalue weighted by Gasteiger charge is 2.10. The van der Waals surface area contributed by atoms with Gasteiger partial charge in [-0.2, -0.15) is 13.9 Å². The van der Waals surface area contributed by atoms with Crippen LogP contribution in [0.25, 0.3) is 0 Å². The summed E-state index contributed by atoms with van der Waals surface area (Å²) in [6.07, 6.45) is 4.45. The molecule has 0 aliphatic heterocycles. The zero-order valence-electron chi connectivity index (χ0n) is 13.0. The second-order valence-corrected chi connectivity index (χ2v) is 4.75. The first-order valence-electron chi connectivity index (χ1n) is 6.97. The maximum Gasteiger partial charge on any atom is 0.387 e. The molecule has 10 heteroatoms. The summed E-state index contributed by atoms with van der Waals surface area (Å²) in [6.45, 7) is -1.41. The minimum atomic E-state index is -3.14. The van der Waals surface area contributed by atoms with Gasteiger partial charge >= 0.3 is 12.6 Å². The molecular weight excluding hydrogens is 339 g/mol. The van der Waals surface area contributed by atoms with Crippen LogP contribution in [0.4, 0.5) is 18.9 Å². The fraction of sp³-hybridized carbons (Fsp3) is 0.200. The van der Waals surface area contributed by atoms with Crippen molar-refractivity contribution >= 4 is 5.69 Å². The molecule has 0 radical (unpaired) electrons. The summed E-state index contributed by atoms with van der Waals surface area (Å²) in [5.74, 6) is -1.51. The fourth-order valence-corrected chi connectivity index (χ4v) is 1.65. The van der Waals surface area contributed by atoms with E-state index in [2.05, 4.69) is 25.1 Å². The standard InChI is InChI=1S/C15H14F3N5O2/c1-9-5-21-15(22-6-9)24-8-11(23-19)7-20-10-2-3-12(16)13(4-10)25-14(17)18/h2-7,14,19-20H,8H2,1H3/b11-7-,23-19?. The van der Waals surface area contributed by atoms with Crippen molar-refractivity contribution in [3.63, 3.8) is 0 Å². The number of benzene rings is 1. The molecule has 0 aliphatic rings. The summed E-state index contributed by atoms with van der Waals surface area (Å²) in [7, 11) is 0. The number of alkyl halides is 2. The zero-order valence-corrected chi connectivity index (χ0v) is 13.0. The molecular formula is C15H14F3N5O2. The Morgan fingerprint density at radius 2 is 2.08 bits per heavy atom. The second-order valence-electron chi connectivity index (χ2n) is 4.75. The van der Waals surface area contributed by atoms with Crippen molar-refractivity contribution in [1.82, 2.24) is 9.97 Å². The first kappa shape index (κ1) is 18.2. The van der Waals surface area contributed by atoms with E-state index in [9.17, 15) is 13.2 Å². The molecule has 7 nitrogen and oxygen atoms in total. The molecule has 25 heavy (non-hydrogen) atoms. The van der Waals surface area contributed by atoms with E-state index in [-0.39, 0.29) is 24.0 Å². The molecule has 0 spiro atoms. The predicted molar refractivity (Wildman–Crippen MR) is 82.1 cm³/mol. The van der Waals surface area contributed by atoms with Gasteiger partial charge in [0.05, 0.1) is 0 Å². The van der Waals surface area contributed by atoms with Gasteiger partial charge in [-0.25, -0.2) is 19.9 Å². The molecule has 0 saturated carbocycles. The molecule has 1 aromatic carbocycles. The number of ether oxygens (including phenoxy) is 2. The Hall–Kier alpha value is -3.17. The van der Waals surface area contributed by atoms with Crippen LogP contribution in [0.5, 0.6) is 11.8 Å². The second kappa shape index (κ2) is 8.62. The number of aryl methyl sites for hydroxylation is 1. The zero-order chi connectivity index (χ0) is 18.2.